The molecule has 1 fully saturated rings. The van der Waals surface area contributed by atoms with E-state index in [0.717, 1.165) is 31.4 Å². The third-order valence-electron chi connectivity index (χ3n) is 4.81. The summed E-state index contributed by atoms with van der Waals surface area (Å²) in [6, 6.07) is 3.97. The predicted octanol–water partition coefficient (Wildman–Crippen LogP) is 3.80. The van der Waals surface area contributed by atoms with Crippen LogP contribution in [0.4, 0.5) is 13.2 Å². The number of halogens is 3. The number of hydrogen-bond acceptors (Lipinski definition) is 3. The molecule has 2 rings (SSSR count). The molecule has 0 bridgehead atoms. The molecule has 1 aromatic rings. The number of nitrogens with one attached hydrogen (secondary N) is 1. The smallest absolute Gasteiger partial charge is 0.416 e. The van der Waals surface area contributed by atoms with Gasteiger partial charge in [0.25, 0.3) is 5.91 Å². The summed E-state index contributed by atoms with van der Waals surface area (Å²) in [5.74, 6) is -0.554. The van der Waals surface area contributed by atoms with E-state index in [1.54, 1.807) is 0 Å². The number of alkyl halides is 3. The largest absolute Gasteiger partial charge is 0.452 e. The van der Waals surface area contributed by atoms with Gasteiger partial charge in [0, 0.05) is 6.04 Å². The van der Waals surface area contributed by atoms with Crippen molar-refractivity contribution >= 4 is 11.9 Å². The zero-order valence-electron chi connectivity index (χ0n) is 14.2. The Morgan fingerprint density at radius 2 is 1.96 bits per heavy atom. The van der Waals surface area contributed by atoms with E-state index in [1.165, 1.54) is 6.07 Å². The van der Waals surface area contributed by atoms with Crippen molar-refractivity contribution < 1.29 is 27.5 Å². The second kappa shape index (κ2) is 7.89. The lowest BCUT2D eigenvalue weighted by Gasteiger charge is -2.34. The normalized spacial score (nSPS) is 23.8. The first-order chi connectivity index (χ1) is 11.7. The molecule has 3 atom stereocenters. The van der Waals surface area contributed by atoms with Gasteiger partial charge in [-0.1, -0.05) is 32.8 Å². The maximum Gasteiger partial charge on any atom is 0.416 e. The highest BCUT2D eigenvalue weighted by Gasteiger charge is 2.31. The van der Waals surface area contributed by atoms with Crippen molar-refractivity contribution in [3.63, 3.8) is 0 Å². The van der Waals surface area contributed by atoms with Gasteiger partial charge in [-0.15, -0.1) is 0 Å². The summed E-state index contributed by atoms with van der Waals surface area (Å²) in [5.41, 5.74) is -1.17. The van der Waals surface area contributed by atoms with Gasteiger partial charge in [0.05, 0.1) is 11.1 Å². The van der Waals surface area contributed by atoms with Crippen LogP contribution >= 0.6 is 0 Å². The van der Waals surface area contributed by atoms with Crippen LogP contribution in [-0.4, -0.2) is 24.5 Å². The number of rotatable bonds is 4. The fraction of sp³-hybridized carbons (Fsp3) is 0.556. The molecule has 138 valence electrons. The van der Waals surface area contributed by atoms with Gasteiger partial charge in [-0.3, -0.25) is 4.79 Å². The van der Waals surface area contributed by atoms with Gasteiger partial charge in [-0.05, 0) is 36.5 Å². The molecule has 0 spiro atoms. The Labute approximate surface area is 144 Å². The Bertz CT molecular complexity index is 630. The molecular formula is C18H22F3NO3. The first-order valence-corrected chi connectivity index (χ1v) is 8.32. The molecular weight excluding hydrogens is 335 g/mol. The highest BCUT2D eigenvalue weighted by Crippen LogP contribution is 2.30. The number of hydrogen-bond donors (Lipinski definition) is 1. The number of esters is 1. The number of benzene rings is 1. The van der Waals surface area contributed by atoms with Gasteiger partial charge in [0.15, 0.2) is 6.61 Å². The maximum atomic E-state index is 12.7. The average Bonchev–Trinajstić information content (AvgIpc) is 2.56. The second-order valence-corrected chi connectivity index (χ2v) is 6.60. The third kappa shape index (κ3) is 5.21. The number of carbonyl (C=O) groups excluding carboxylic acids is 2. The SMILES string of the molecule is C[C@@H]1[C@H](C)CCC[C@@H]1NC(=O)COC(=O)c1cccc(C(F)(F)F)c1. The summed E-state index contributed by atoms with van der Waals surface area (Å²) in [6.45, 7) is 3.70. The summed E-state index contributed by atoms with van der Waals surface area (Å²) >= 11 is 0. The van der Waals surface area contributed by atoms with Crippen molar-refractivity contribution in [2.24, 2.45) is 11.8 Å². The predicted molar refractivity (Wildman–Crippen MR) is 85.8 cm³/mol. The fourth-order valence-corrected chi connectivity index (χ4v) is 3.07. The van der Waals surface area contributed by atoms with Crippen molar-refractivity contribution in [2.45, 2.75) is 45.3 Å². The Morgan fingerprint density at radius 1 is 1.24 bits per heavy atom. The zero-order chi connectivity index (χ0) is 18.6. The minimum Gasteiger partial charge on any atom is -0.452 e. The molecule has 0 aromatic heterocycles. The van der Waals surface area contributed by atoms with Gasteiger partial charge < -0.3 is 10.1 Å². The molecule has 25 heavy (non-hydrogen) atoms. The Morgan fingerprint density at radius 3 is 2.64 bits per heavy atom. The zero-order valence-corrected chi connectivity index (χ0v) is 14.2. The number of carbonyl (C=O) groups is 2. The maximum absolute atomic E-state index is 12.7. The molecule has 7 heteroatoms. The van der Waals surface area contributed by atoms with Crippen molar-refractivity contribution in [2.75, 3.05) is 6.61 Å². The van der Waals surface area contributed by atoms with Crippen molar-refractivity contribution in [3.8, 4) is 0 Å². The standard InChI is InChI=1S/C18H22F3NO3/c1-11-5-3-8-15(12(11)2)22-16(23)10-25-17(24)13-6-4-7-14(9-13)18(19,20)21/h4,6-7,9,11-12,15H,3,5,8,10H2,1-2H3,(H,22,23)/t11-,12-,15+/m1/s1. The molecule has 0 heterocycles. The van der Waals surface area contributed by atoms with Crippen LogP contribution in [0.2, 0.25) is 0 Å². The van der Waals surface area contributed by atoms with Crippen molar-refractivity contribution in [3.05, 3.63) is 35.4 Å². The minimum atomic E-state index is -4.54. The highest BCUT2D eigenvalue weighted by molar-refractivity contribution is 5.91. The minimum absolute atomic E-state index is 0.0310. The fourth-order valence-electron chi connectivity index (χ4n) is 3.07. The van der Waals surface area contributed by atoms with Crippen LogP contribution in [0.15, 0.2) is 24.3 Å². The van der Waals surface area contributed by atoms with Crippen LogP contribution in [-0.2, 0) is 15.7 Å². The van der Waals surface area contributed by atoms with Crippen LogP contribution in [0.1, 0.15) is 49.0 Å². The van der Waals surface area contributed by atoms with Gasteiger partial charge in [-0.2, -0.15) is 13.2 Å². The van der Waals surface area contributed by atoms with E-state index in [2.05, 4.69) is 19.2 Å². The van der Waals surface area contributed by atoms with E-state index in [4.69, 9.17) is 4.74 Å². The van der Waals surface area contributed by atoms with Crippen LogP contribution in [0.25, 0.3) is 0 Å². The Kier molecular flexibility index (Phi) is 6.08. The van der Waals surface area contributed by atoms with Gasteiger partial charge in [0.1, 0.15) is 0 Å². The van der Waals surface area contributed by atoms with Gasteiger partial charge in [0.2, 0.25) is 0 Å². The quantitative estimate of drug-likeness (QED) is 0.834. The van der Waals surface area contributed by atoms with E-state index in [-0.39, 0.29) is 11.6 Å². The Balaban J connectivity index is 1.88. The summed E-state index contributed by atoms with van der Waals surface area (Å²) < 4.78 is 42.8. The average molecular weight is 357 g/mol. The van der Waals surface area contributed by atoms with Crippen molar-refractivity contribution in [1.82, 2.24) is 5.32 Å². The molecule has 0 saturated heterocycles. The first-order valence-electron chi connectivity index (χ1n) is 8.32. The van der Waals surface area contributed by atoms with E-state index in [9.17, 15) is 22.8 Å². The molecule has 1 aromatic carbocycles. The molecule has 1 aliphatic rings. The lowest BCUT2D eigenvalue weighted by atomic mass is 9.78. The second-order valence-electron chi connectivity index (χ2n) is 6.60. The van der Waals surface area contributed by atoms with Crippen LogP contribution in [0.3, 0.4) is 0 Å². The van der Waals surface area contributed by atoms with Crippen LogP contribution in [0, 0.1) is 11.8 Å². The lowest BCUT2D eigenvalue weighted by molar-refractivity contribution is -0.137. The first kappa shape index (κ1) is 19.3. The van der Waals surface area contributed by atoms with E-state index in [0.29, 0.717) is 17.9 Å². The summed E-state index contributed by atoms with van der Waals surface area (Å²) in [4.78, 5) is 23.8. The Hall–Kier alpha value is -2.05. The monoisotopic (exact) mass is 357 g/mol. The lowest BCUT2D eigenvalue weighted by Crippen LogP contribution is -2.45. The van der Waals surface area contributed by atoms with Crippen molar-refractivity contribution in [1.29, 1.82) is 0 Å². The molecule has 0 unspecified atom stereocenters. The van der Waals surface area contributed by atoms with Crippen LogP contribution in [0.5, 0.6) is 0 Å². The van der Waals surface area contributed by atoms with E-state index in [1.807, 2.05) is 0 Å². The van der Waals surface area contributed by atoms with Gasteiger partial charge in [-0.25, -0.2) is 4.79 Å². The molecule has 1 amide bonds. The molecule has 1 saturated carbocycles. The topological polar surface area (TPSA) is 55.4 Å². The summed E-state index contributed by atoms with van der Waals surface area (Å²) in [6.07, 6.45) is -1.52. The molecule has 0 radical (unpaired) electrons. The highest BCUT2D eigenvalue weighted by atomic mass is 19.4. The molecule has 0 aliphatic heterocycles. The summed E-state index contributed by atoms with van der Waals surface area (Å²) in [5, 5.41) is 2.85. The molecule has 4 nitrogen and oxygen atoms in total. The molecule has 1 N–H and O–H groups in total. The van der Waals surface area contributed by atoms with E-state index >= 15 is 0 Å². The number of ether oxygens (including phenoxy) is 1. The number of amides is 1. The van der Waals surface area contributed by atoms with E-state index < -0.39 is 30.2 Å². The van der Waals surface area contributed by atoms with Crippen LogP contribution < -0.4 is 5.32 Å². The third-order valence-corrected chi connectivity index (χ3v) is 4.81. The molecule has 1 aliphatic carbocycles. The van der Waals surface area contributed by atoms with Gasteiger partial charge >= 0.3 is 12.1 Å². The summed E-state index contributed by atoms with van der Waals surface area (Å²) in [7, 11) is 0.